The first-order valence-electron chi connectivity index (χ1n) is 11.6. The molecule has 0 rings (SSSR count). The van der Waals surface area contributed by atoms with Crippen LogP contribution in [-0.4, -0.2) is 27.0 Å². The fourth-order valence-corrected chi connectivity index (χ4v) is 4.13. The van der Waals surface area contributed by atoms with Gasteiger partial charge in [-0.3, -0.25) is 0 Å². The van der Waals surface area contributed by atoms with Crippen molar-refractivity contribution in [3.63, 3.8) is 0 Å². The van der Waals surface area contributed by atoms with Gasteiger partial charge in [0, 0.05) is 11.5 Å². The summed E-state index contributed by atoms with van der Waals surface area (Å²) in [6.07, 6.45) is 18.1. The van der Waals surface area contributed by atoms with Crippen molar-refractivity contribution in [1.82, 2.24) is 0 Å². The van der Waals surface area contributed by atoms with Crippen molar-refractivity contribution in [1.29, 1.82) is 0 Å². The lowest BCUT2D eigenvalue weighted by Crippen LogP contribution is -2.45. The first-order chi connectivity index (χ1) is 14.8. The quantitative estimate of drug-likeness (QED) is 0.103. The minimum Gasteiger partial charge on any atom is -0.463 e. The third-order valence-corrected chi connectivity index (χ3v) is 10.3. The van der Waals surface area contributed by atoms with Gasteiger partial charge in [-0.25, -0.2) is 4.79 Å². The third kappa shape index (κ3) is 11.1. The summed E-state index contributed by atoms with van der Waals surface area (Å²) in [6, 6.07) is 0. The van der Waals surface area contributed by atoms with E-state index in [1.807, 2.05) is 30.4 Å². The molecule has 0 aliphatic rings. The van der Waals surface area contributed by atoms with Crippen molar-refractivity contribution in [3.05, 3.63) is 71.4 Å². The fraction of sp³-hybridized carbons (Fsp3) is 0.536. The Hall–Kier alpha value is -1.91. The van der Waals surface area contributed by atoms with Crippen LogP contribution in [0, 0.1) is 5.92 Å². The Kier molecular flexibility index (Phi) is 13.4. The summed E-state index contributed by atoms with van der Waals surface area (Å²) in [5.74, 6) is 0.00439. The molecule has 0 unspecified atom stereocenters. The lowest BCUT2D eigenvalue weighted by atomic mass is 9.96. The molecule has 0 amide bonds. The van der Waals surface area contributed by atoms with Gasteiger partial charge in [-0.05, 0) is 58.3 Å². The minimum atomic E-state index is -1.87. The van der Waals surface area contributed by atoms with Gasteiger partial charge in [-0.2, -0.15) is 0 Å². The zero-order chi connectivity index (χ0) is 24.9. The van der Waals surface area contributed by atoms with E-state index >= 15 is 0 Å². The molecule has 0 heterocycles. The van der Waals surface area contributed by atoms with E-state index in [1.165, 1.54) is 11.1 Å². The lowest BCUT2D eigenvalue weighted by Gasteiger charge is -2.41. The fourth-order valence-electron chi connectivity index (χ4n) is 2.74. The summed E-state index contributed by atoms with van der Waals surface area (Å²) >= 11 is 0. The van der Waals surface area contributed by atoms with Gasteiger partial charge in [-0.1, -0.05) is 88.0 Å². The molecule has 0 aromatic carbocycles. The van der Waals surface area contributed by atoms with Crippen LogP contribution < -0.4 is 0 Å². The van der Waals surface area contributed by atoms with E-state index in [-0.39, 0.29) is 23.0 Å². The molecule has 0 aliphatic heterocycles. The second-order valence-corrected chi connectivity index (χ2v) is 14.6. The average molecular weight is 459 g/mol. The molecule has 0 N–H and O–H groups in total. The van der Waals surface area contributed by atoms with Crippen LogP contribution in [0.4, 0.5) is 0 Å². The van der Waals surface area contributed by atoms with Crippen molar-refractivity contribution < 1.29 is 14.0 Å². The smallest absolute Gasteiger partial charge is 0.333 e. The number of esters is 1. The van der Waals surface area contributed by atoms with E-state index in [2.05, 4.69) is 79.8 Å². The maximum absolute atomic E-state index is 11.5. The van der Waals surface area contributed by atoms with Crippen LogP contribution in [0.3, 0.4) is 0 Å². The Morgan fingerprint density at radius 2 is 1.56 bits per heavy atom. The average Bonchev–Trinajstić information content (AvgIpc) is 2.69. The molecule has 2 atom stereocenters. The SMILES string of the molecule is C/C=C(\C)[C@H](O[Si](C)(C)C(C)(C)C)[C@H](C)/C=C(C)/C=C/C=C/C=C/C=C(\C)C(=O)OCC. The molecule has 0 aliphatic carbocycles. The molecule has 0 radical (unpaired) electrons. The topological polar surface area (TPSA) is 35.5 Å². The largest absolute Gasteiger partial charge is 0.463 e. The van der Waals surface area contributed by atoms with Gasteiger partial charge in [0.1, 0.15) is 0 Å². The van der Waals surface area contributed by atoms with Gasteiger partial charge >= 0.3 is 5.97 Å². The first-order valence-corrected chi connectivity index (χ1v) is 14.5. The second-order valence-electron chi connectivity index (χ2n) is 9.80. The predicted octanol–water partition coefficient (Wildman–Crippen LogP) is 8.10. The number of rotatable bonds is 11. The molecule has 3 nitrogen and oxygen atoms in total. The molecule has 0 spiro atoms. The molecule has 0 aromatic rings. The summed E-state index contributed by atoms with van der Waals surface area (Å²) < 4.78 is 11.7. The summed E-state index contributed by atoms with van der Waals surface area (Å²) in [6.45, 7) is 24.0. The first kappa shape index (κ1) is 30.1. The van der Waals surface area contributed by atoms with Crippen LogP contribution >= 0.6 is 0 Å². The highest BCUT2D eigenvalue weighted by Gasteiger charge is 2.40. The summed E-state index contributed by atoms with van der Waals surface area (Å²) in [4.78, 5) is 11.5. The van der Waals surface area contributed by atoms with Crippen LogP contribution in [0.15, 0.2) is 71.4 Å². The van der Waals surface area contributed by atoms with Crippen LogP contribution in [0.25, 0.3) is 0 Å². The number of ether oxygens (including phenoxy) is 1. The van der Waals surface area contributed by atoms with Gasteiger partial charge in [0.25, 0.3) is 0 Å². The zero-order valence-corrected chi connectivity index (χ0v) is 23.3. The molecular weight excluding hydrogens is 412 g/mol. The van der Waals surface area contributed by atoms with Crippen molar-refractivity contribution >= 4 is 14.3 Å². The van der Waals surface area contributed by atoms with Crippen LogP contribution in [0.5, 0.6) is 0 Å². The second kappa shape index (κ2) is 14.3. The van der Waals surface area contributed by atoms with Crippen LogP contribution in [0.2, 0.25) is 18.1 Å². The Morgan fingerprint density at radius 3 is 2.09 bits per heavy atom. The number of hydrogen-bond acceptors (Lipinski definition) is 3. The Bertz CT molecular complexity index is 771. The van der Waals surface area contributed by atoms with E-state index in [4.69, 9.17) is 9.16 Å². The van der Waals surface area contributed by atoms with Gasteiger partial charge in [0.15, 0.2) is 8.32 Å². The lowest BCUT2D eigenvalue weighted by molar-refractivity contribution is -0.138. The number of hydrogen-bond donors (Lipinski definition) is 0. The number of carbonyl (C=O) groups excluding carboxylic acids is 1. The predicted molar refractivity (Wildman–Crippen MR) is 142 cm³/mol. The number of allylic oxidation sites excluding steroid dienone is 9. The highest BCUT2D eigenvalue weighted by atomic mass is 28.4. The van der Waals surface area contributed by atoms with Crippen molar-refractivity contribution in [2.75, 3.05) is 6.61 Å². The number of carbonyl (C=O) groups is 1. The van der Waals surface area contributed by atoms with E-state index < -0.39 is 8.32 Å². The van der Waals surface area contributed by atoms with Gasteiger partial charge in [0.2, 0.25) is 0 Å². The van der Waals surface area contributed by atoms with E-state index in [0.29, 0.717) is 12.2 Å². The molecule has 0 bridgehead atoms. The van der Waals surface area contributed by atoms with Gasteiger partial charge in [0.05, 0.1) is 12.7 Å². The van der Waals surface area contributed by atoms with Gasteiger partial charge < -0.3 is 9.16 Å². The van der Waals surface area contributed by atoms with Crippen molar-refractivity contribution in [2.45, 2.75) is 86.5 Å². The Morgan fingerprint density at radius 1 is 1.00 bits per heavy atom. The molecule has 180 valence electrons. The summed E-state index contributed by atoms with van der Waals surface area (Å²) in [5, 5.41) is 0.181. The zero-order valence-electron chi connectivity index (χ0n) is 22.3. The monoisotopic (exact) mass is 458 g/mol. The molecule has 32 heavy (non-hydrogen) atoms. The van der Waals surface area contributed by atoms with E-state index in [0.717, 1.165) is 0 Å². The van der Waals surface area contributed by atoms with E-state index in [9.17, 15) is 4.79 Å². The normalized spacial score (nSPS) is 16.9. The Balaban J connectivity index is 5.15. The Labute approximate surface area is 198 Å². The highest BCUT2D eigenvalue weighted by molar-refractivity contribution is 6.74. The maximum Gasteiger partial charge on any atom is 0.333 e. The van der Waals surface area contributed by atoms with E-state index in [1.54, 1.807) is 19.9 Å². The standard InChI is InChI=1S/C28H46O3Si/c1-12-23(4)26(31-32(10,11)28(7,8)9)25(6)21-22(3)19-17-15-14-16-18-20-24(5)27(29)30-13-2/h12,14-21,25-26H,13H2,1-11H3/b15-14+,18-16+,19-17+,22-21+,23-12+,24-20+/t25-,26+/m1/s1. The molecule has 0 fully saturated rings. The van der Waals surface area contributed by atoms with Gasteiger partial charge in [-0.15, -0.1) is 0 Å². The molecule has 0 saturated heterocycles. The van der Waals surface area contributed by atoms with Crippen LogP contribution in [-0.2, 0) is 14.0 Å². The van der Waals surface area contributed by atoms with Crippen molar-refractivity contribution in [2.24, 2.45) is 5.92 Å². The third-order valence-electron chi connectivity index (χ3n) is 5.88. The summed E-state index contributed by atoms with van der Waals surface area (Å²) in [7, 11) is -1.87. The molecule has 0 aromatic heterocycles. The van der Waals surface area contributed by atoms with Crippen molar-refractivity contribution in [3.8, 4) is 0 Å². The summed E-state index contributed by atoms with van der Waals surface area (Å²) in [5.41, 5.74) is 3.08. The molecular formula is C28H46O3Si. The highest BCUT2D eigenvalue weighted by Crippen LogP contribution is 2.39. The maximum atomic E-state index is 11.5. The van der Waals surface area contributed by atoms with Crippen LogP contribution in [0.1, 0.15) is 62.3 Å². The molecule has 4 heteroatoms. The molecule has 0 saturated carbocycles. The minimum absolute atomic E-state index is 0.0946.